The number of fused-ring (bicyclic) bond motifs is 7. The SMILES string of the molecule is COc1cccc(-c2cc(CNC(=O)[C@]34CCC(C)(C)C[C@H]3C3=CCC5[C@@]6(C)CC[C@H](N)C(C)(C)C6CC[C@@]5(C)[C@]3(C)CC4)on2)c1I. The highest BCUT2D eigenvalue weighted by Gasteiger charge is 2.69. The maximum absolute atomic E-state index is 14.6. The van der Waals surface area contributed by atoms with E-state index in [1.165, 1.54) is 19.3 Å². The molecule has 1 aromatic carbocycles. The third-order valence-electron chi connectivity index (χ3n) is 15.6. The van der Waals surface area contributed by atoms with Crippen molar-refractivity contribution in [1.82, 2.24) is 10.5 Å². The molecule has 6 nitrogen and oxygen atoms in total. The molecular formula is C41H58IN3O3. The first-order chi connectivity index (χ1) is 22.5. The zero-order valence-corrected chi connectivity index (χ0v) is 32.8. The van der Waals surface area contributed by atoms with Crippen LogP contribution in [0, 0.1) is 53.8 Å². The van der Waals surface area contributed by atoms with Crippen molar-refractivity contribution in [3.63, 3.8) is 0 Å². The second kappa shape index (κ2) is 11.6. The van der Waals surface area contributed by atoms with E-state index in [0.29, 0.717) is 29.6 Å². The van der Waals surface area contributed by atoms with Crippen molar-refractivity contribution >= 4 is 28.5 Å². The topological polar surface area (TPSA) is 90.4 Å². The van der Waals surface area contributed by atoms with Gasteiger partial charge < -0.3 is 20.3 Å². The summed E-state index contributed by atoms with van der Waals surface area (Å²) in [6.45, 7) is 18.0. The number of nitrogens with two attached hydrogens (primary N) is 1. The third-order valence-corrected chi connectivity index (χ3v) is 16.8. The van der Waals surface area contributed by atoms with Gasteiger partial charge >= 0.3 is 0 Å². The van der Waals surface area contributed by atoms with Crippen molar-refractivity contribution in [1.29, 1.82) is 0 Å². The first-order valence-corrected chi connectivity index (χ1v) is 19.6. The summed E-state index contributed by atoms with van der Waals surface area (Å²) in [5, 5.41) is 7.75. The Morgan fingerprint density at radius 1 is 1.02 bits per heavy atom. The summed E-state index contributed by atoms with van der Waals surface area (Å²) in [5.41, 5.74) is 10.8. The van der Waals surface area contributed by atoms with E-state index < -0.39 is 0 Å². The van der Waals surface area contributed by atoms with Crippen LogP contribution in [0.1, 0.15) is 118 Å². The fourth-order valence-electron chi connectivity index (χ4n) is 12.4. The first-order valence-electron chi connectivity index (χ1n) is 18.6. The van der Waals surface area contributed by atoms with Gasteiger partial charge in [-0.15, -0.1) is 0 Å². The number of carbonyl (C=O) groups excluding carboxylic acids is 1. The Labute approximate surface area is 302 Å². The number of halogens is 1. The van der Waals surface area contributed by atoms with Crippen molar-refractivity contribution in [2.45, 2.75) is 125 Å². The van der Waals surface area contributed by atoms with Gasteiger partial charge in [0.05, 0.1) is 22.6 Å². The Balaban J connectivity index is 1.17. The van der Waals surface area contributed by atoms with E-state index in [2.05, 4.69) is 87.6 Å². The molecule has 0 aliphatic heterocycles. The normalized spacial score (nSPS) is 39.6. The number of hydrogen-bond acceptors (Lipinski definition) is 5. The van der Waals surface area contributed by atoms with Gasteiger partial charge in [-0.1, -0.05) is 77.4 Å². The molecule has 0 saturated heterocycles. The number of hydrogen-bond donors (Lipinski definition) is 2. The molecule has 4 saturated carbocycles. The fourth-order valence-corrected chi connectivity index (χ4v) is 13.3. The van der Waals surface area contributed by atoms with Crippen LogP contribution in [0.5, 0.6) is 5.75 Å². The molecule has 5 aliphatic carbocycles. The Bertz CT molecular complexity index is 1630. The summed E-state index contributed by atoms with van der Waals surface area (Å²) in [7, 11) is 1.68. The molecule has 1 amide bonds. The number of nitrogens with one attached hydrogen (secondary N) is 1. The minimum atomic E-state index is -0.379. The van der Waals surface area contributed by atoms with Gasteiger partial charge in [-0.05, 0) is 138 Å². The van der Waals surface area contributed by atoms with Gasteiger partial charge in [0.2, 0.25) is 5.91 Å². The van der Waals surface area contributed by atoms with Gasteiger partial charge in [0.15, 0.2) is 5.76 Å². The van der Waals surface area contributed by atoms with Crippen molar-refractivity contribution in [3.8, 4) is 17.0 Å². The molecule has 7 heteroatoms. The molecule has 0 bridgehead atoms. The average molecular weight is 768 g/mol. The van der Waals surface area contributed by atoms with Gasteiger partial charge in [-0.3, -0.25) is 4.79 Å². The summed E-state index contributed by atoms with van der Waals surface area (Å²) >= 11 is 2.29. The maximum atomic E-state index is 14.6. The number of allylic oxidation sites excluding steroid dienone is 2. The van der Waals surface area contributed by atoms with Crippen LogP contribution in [0.15, 0.2) is 40.4 Å². The van der Waals surface area contributed by atoms with E-state index in [0.717, 1.165) is 65.5 Å². The van der Waals surface area contributed by atoms with Crippen LogP contribution in [0.25, 0.3) is 11.3 Å². The molecule has 0 radical (unpaired) electrons. The fraction of sp³-hybridized carbons (Fsp3) is 0.707. The molecule has 2 unspecified atom stereocenters. The molecule has 5 aliphatic rings. The number of nitrogens with zero attached hydrogens (tertiary/aromatic N) is 1. The van der Waals surface area contributed by atoms with Crippen LogP contribution in [0.2, 0.25) is 0 Å². The molecule has 7 rings (SSSR count). The highest BCUT2D eigenvalue weighted by atomic mass is 127. The minimum absolute atomic E-state index is 0.100. The van der Waals surface area contributed by atoms with Crippen molar-refractivity contribution in [3.05, 3.63) is 45.2 Å². The Hall–Kier alpha value is -1.87. The van der Waals surface area contributed by atoms with Gasteiger partial charge in [-0.25, -0.2) is 0 Å². The summed E-state index contributed by atoms with van der Waals surface area (Å²) in [5.74, 6) is 3.27. The lowest BCUT2D eigenvalue weighted by Gasteiger charge is -2.71. The monoisotopic (exact) mass is 767 g/mol. The first kappa shape index (κ1) is 34.6. The molecule has 1 aromatic heterocycles. The predicted octanol–water partition coefficient (Wildman–Crippen LogP) is 9.70. The van der Waals surface area contributed by atoms with Crippen LogP contribution < -0.4 is 15.8 Å². The molecule has 3 N–H and O–H groups in total. The predicted molar refractivity (Wildman–Crippen MR) is 200 cm³/mol. The van der Waals surface area contributed by atoms with E-state index in [1.54, 1.807) is 12.7 Å². The summed E-state index contributed by atoms with van der Waals surface area (Å²) in [6, 6.07) is 8.18. The number of benzene rings is 1. The molecule has 262 valence electrons. The molecule has 0 spiro atoms. The zero-order valence-electron chi connectivity index (χ0n) is 30.6. The molecule has 2 aromatic rings. The zero-order chi connectivity index (χ0) is 34.5. The van der Waals surface area contributed by atoms with E-state index >= 15 is 0 Å². The Kier molecular flexibility index (Phi) is 8.34. The van der Waals surface area contributed by atoms with Crippen LogP contribution in [0.4, 0.5) is 0 Å². The molecule has 48 heavy (non-hydrogen) atoms. The Morgan fingerprint density at radius 2 is 1.77 bits per heavy atom. The van der Waals surface area contributed by atoms with Crippen molar-refractivity contribution in [2.75, 3.05) is 7.11 Å². The summed E-state index contributed by atoms with van der Waals surface area (Å²) < 4.78 is 12.3. The molecule has 8 atom stereocenters. The number of methoxy groups -OCH3 is 1. The van der Waals surface area contributed by atoms with Gasteiger partial charge in [-0.2, -0.15) is 0 Å². The van der Waals surface area contributed by atoms with Gasteiger partial charge in [0.1, 0.15) is 11.4 Å². The largest absolute Gasteiger partial charge is 0.496 e. The van der Waals surface area contributed by atoms with Gasteiger partial charge in [0.25, 0.3) is 0 Å². The van der Waals surface area contributed by atoms with E-state index in [4.69, 9.17) is 15.0 Å². The smallest absolute Gasteiger partial charge is 0.227 e. The number of amides is 1. The standard InChI is InChI=1S/C41H58IN3O3/c1-36(2)18-20-41(35(46)44-24-25-22-29(45-48-25)26-10-9-11-30(47-8)34(26)42)21-19-39(6)27(28(41)23-36)12-13-32-38(5)16-15-33(43)37(3,4)31(38)14-17-40(32,39)7/h9-12,22,28,31-33H,13-21,23-24,43H2,1-8H3,(H,44,46)/t28-,31?,32?,33-,38-,39+,40+,41-/m0/s1. The average Bonchev–Trinajstić information content (AvgIpc) is 3.51. The highest BCUT2D eigenvalue weighted by molar-refractivity contribution is 14.1. The summed E-state index contributed by atoms with van der Waals surface area (Å²) in [6.07, 6.45) is 13.8. The van der Waals surface area contributed by atoms with Crippen molar-refractivity contribution < 1.29 is 14.1 Å². The van der Waals surface area contributed by atoms with Gasteiger partial charge in [0, 0.05) is 17.7 Å². The lowest BCUT2D eigenvalue weighted by molar-refractivity contribution is -0.186. The minimum Gasteiger partial charge on any atom is -0.496 e. The lowest BCUT2D eigenvalue weighted by atomic mass is 9.33. The highest BCUT2D eigenvalue weighted by Crippen LogP contribution is 2.75. The second-order valence-corrected chi connectivity index (χ2v) is 19.6. The maximum Gasteiger partial charge on any atom is 0.227 e. The molecule has 1 heterocycles. The van der Waals surface area contributed by atoms with E-state index in [-0.39, 0.29) is 44.9 Å². The van der Waals surface area contributed by atoms with Crippen molar-refractivity contribution in [2.24, 2.45) is 56.0 Å². The number of rotatable bonds is 5. The quantitative estimate of drug-likeness (QED) is 0.234. The van der Waals surface area contributed by atoms with Crippen LogP contribution in [0.3, 0.4) is 0 Å². The molecule has 4 fully saturated rings. The van der Waals surface area contributed by atoms with Crippen LogP contribution >= 0.6 is 22.6 Å². The summed E-state index contributed by atoms with van der Waals surface area (Å²) in [4.78, 5) is 14.6. The lowest BCUT2D eigenvalue weighted by Crippen LogP contribution is -2.66. The van der Waals surface area contributed by atoms with E-state index in [1.807, 2.05) is 24.3 Å². The van der Waals surface area contributed by atoms with E-state index in [9.17, 15) is 4.79 Å². The number of carbonyl (C=O) groups is 1. The third kappa shape index (κ3) is 4.92. The van der Waals surface area contributed by atoms with Crippen LogP contribution in [-0.2, 0) is 11.3 Å². The molecular weight excluding hydrogens is 709 g/mol. The Morgan fingerprint density at radius 3 is 2.52 bits per heavy atom. The number of ether oxygens (including phenoxy) is 1. The second-order valence-electron chi connectivity index (χ2n) is 18.5. The van der Waals surface area contributed by atoms with Crippen LogP contribution in [-0.4, -0.2) is 24.2 Å². The number of aromatic nitrogens is 1.